The molecule has 172 valence electrons. The molecule has 0 aliphatic heterocycles. The third-order valence-corrected chi connectivity index (χ3v) is 8.53. The maximum Gasteiger partial charge on any atom is 0.243 e. The van der Waals surface area contributed by atoms with Gasteiger partial charge in [-0.1, -0.05) is 61.7 Å². The van der Waals surface area contributed by atoms with Crippen LogP contribution in [0.1, 0.15) is 31.4 Å². The summed E-state index contributed by atoms with van der Waals surface area (Å²) in [5, 5.41) is 0.669. The zero-order valence-corrected chi connectivity index (χ0v) is 22.1. The Labute approximate surface area is 194 Å². The smallest absolute Gasteiger partial charge is 0.243 e. The van der Waals surface area contributed by atoms with Crippen molar-refractivity contribution >= 4 is 29.9 Å². The summed E-state index contributed by atoms with van der Waals surface area (Å²) in [5.74, 6) is 0.236. The van der Waals surface area contributed by atoms with E-state index in [9.17, 15) is 8.42 Å². The fourth-order valence-electron chi connectivity index (χ4n) is 3.21. The molecule has 2 aromatic rings. The van der Waals surface area contributed by atoms with Gasteiger partial charge in [-0.05, 0) is 68.7 Å². The van der Waals surface area contributed by atoms with Gasteiger partial charge in [0.2, 0.25) is 10.0 Å². The minimum absolute atomic E-state index is 0.236. The fraction of sp³-hybridized carbons (Fsp3) is 0.500. The van der Waals surface area contributed by atoms with Crippen molar-refractivity contribution in [3.8, 4) is 0 Å². The van der Waals surface area contributed by atoms with Crippen LogP contribution in [0.3, 0.4) is 0 Å². The van der Waals surface area contributed by atoms with Crippen LogP contribution in [0.2, 0.25) is 24.7 Å². The average Bonchev–Trinajstić information content (AvgIpc) is 2.70. The number of halogens is 1. The van der Waals surface area contributed by atoms with Gasteiger partial charge in [0.05, 0.1) is 17.5 Å². The highest BCUT2D eigenvalue weighted by atomic mass is 35.5. The Morgan fingerprint density at radius 2 is 1.61 bits per heavy atom. The highest BCUT2D eigenvalue weighted by Crippen LogP contribution is 2.25. The Hall–Kier alpha value is -1.18. The number of sulfonamides is 1. The maximum absolute atomic E-state index is 13.8. The zero-order chi connectivity index (χ0) is 23.2. The molecule has 0 aromatic heterocycles. The molecule has 0 spiro atoms. The van der Waals surface area contributed by atoms with E-state index in [0.717, 1.165) is 17.5 Å². The highest BCUT2D eigenvalue weighted by molar-refractivity contribution is 7.89. The minimum Gasteiger partial charge on any atom is -0.416 e. The second kappa shape index (κ2) is 11.1. The van der Waals surface area contributed by atoms with Gasteiger partial charge >= 0.3 is 0 Å². The summed E-state index contributed by atoms with van der Waals surface area (Å²) >= 11 is 6.06. The lowest BCUT2D eigenvalue weighted by atomic mass is 10.0. The van der Waals surface area contributed by atoms with Crippen LogP contribution in [0.4, 0.5) is 0 Å². The Morgan fingerprint density at radius 1 is 1.03 bits per heavy atom. The summed E-state index contributed by atoms with van der Waals surface area (Å²) in [6.07, 6.45) is 1.48. The largest absolute Gasteiger partial charge is 0.416 e. The molecule has 0 fully saturated rings. The van der Waals surface area contributed by atoms with Gasteiger partial charge in [0, 0.05) is 11.6 Å². The summed E-state index contributed by atoms with van der Waals surface area (Å²) in [6, 6.07) is 14.4. The predicted molar refractivity (Wildman–Crippen MR) is 133 cm³/mol. The van der Waals surface area contributed by atoms with Crippen molar-refractivity contribution in [3.05, 3.63) is 64.7 Å². The molecule has 7 heteroatoms. The molecule has 1 unspecified atom stereocenters. The van der Waals surface area contributed by atoms with Gasteiger partial charge in [-0.2, -0.15) is 4.31 Å². The molecule has 2 atom stereocenters. The Morgan fingerprint density at radius 3 is 2.13 bits per heavy atom. The van der Waals surface area contributed by atoms with E-state index in [4.69, 9.17) is 16.0 Å². The first-order chi connectivity index (χ1) is 14.4. The summed E-state index contributed by atoms with van der Waals surface area (Å²) in [6.45, 7) is 13.3. The lowest BCUT2D eigenvalue weighted by Gasteiger charge is -2.34. The van der Waals surface area contributed by atoms with Crippen LogP contribution in [0.25, 0.3) is 0 Å². The summed E-state index contributed by atoms with van der Waals surface area (Å²) in [5.41, 5.74) is 2.08. The van der Waals surface area contributed by atoms with Crippen molar-refractivity contribution < 1.29 is 12.8 Å². The first-order valence-electron chi connectivity index (χ1n) is 10.9. The number of rotatable bonds is 11. The molecule has 2 aromatic carbocycles. The van der Waals surface area contributed by atoms with E-state index in [-0.39, 0.29) is 12.0 Å². The summed E-state index contributed by atoms with van der Waals surface area (Å²) < 4.78 is 35.4. The van der Waals surface area contributed by atoms with Gasteiger partial charge < -0.3 is 4.43 Å². The molecule has 31 heavy (non-hydrogen) atoms. The molecule has 0 amide bonds. The van der Waals surface area contributed by atoms with Gasteiger partial charge in [-0.15, -0.1) is 0 Å². The summed E-state index contributed by atoms with van der Waals surface area (Å²) in [7, 11) is -5.50. The van der Waals surface area contributed by atoms with Crippen molar-refractivity contribution in [1.29, 1.82) is 0 Å². The van der Waals surface area contributed by atoms with E-state index in [1.54, 1.807) is 16.4 Å². The molecule has 2 rings (SSSR count). The number of aryl methyl sites for hydroxylation is 1. The lowest BCUT2D eigenvalue weighted by Crippen LogP contribution is -2.47. The molecule has 4 nitrogen and oxygen atoms in total. The van der Waals surface area contributed by atoms with E-state index < -0.39 is 18.3 Å². The van der Waals surface area contributed by atoms with Gasteiger partial charge in [0.25, 0.3) is 0 Å². The van der Waals surface area contributed by atoms with E-state index in [1.165, 1.54) is 0 Å². The predicted octanol–water partition coefficient (Wildman–Crippen LogP) is 6.15. The van der Waals surface area contributed by atoms with Gasteiger partial charge in [-0.3, -0.25) is 0 Å². The van der Waals surface area contributed by atoms with Crippen molar-refractivity contribution in [2.75, 3.05) is 13.2 Å². The molecule has 0 saturated carbocycles. The van der Waals surface area contributed by atoms with Crippen molar-refractivity contribution in [3.63, 3.8) is 0 Å². The van der Waals surface area contributed by atoms with Crippen LogP contribution in [0, 0.1) is 12.8 Å². The molecule has 0 saturated heterocycles. The van der Waals surface area contributed by atoms with E-state index in [1.807, 2.05) is 43.3 Å². The van der Waals surface area contributed by atoms with E-state index in [2.05, 4.69) is 33.5 Å². The molecule has 0 heterocycles. The monoisotopic (exact) mass is 481 g/mol. The maximum atomic E-state index is 13.8. The van der Waals surface area contributed by atoms with Crippen LogP contribution in [-0.2, 0) is 20.9 Å². The zero-order valence-electron chi connectivity index (χ0n) is 19.6. The summed E-state index contributed by atoms with van der Waals surface area (Å²) in [4.78, 5) is 0.329. The standard InChI is InChI=1S/C24H36ClNO3SSi/c1-7-19(2)17-26(30(27,28)24-14-8-20(3)9-15-24)23(18-29-31(4,5)6)16-21-10-12-22(25)13-11-21/h8-15,19,23H,7,16-18H2,1-6H3/t19-,23?/m1/s1. The highest BCUT2D eigenvalue weighted by Gasteiger charge is 2.33. The topological polar surface area (TPSA) is 46.6 Å². The Kier molecular flexibility index (Phi) is 9.34. The third-order valence-electron chi connectivity index (χ3n) is 5.32. The number of hydrogen-bond donors (Lipinski definition) is 0. The van der Waals surface area contributed by atoms with Gasteiger partial charge in [0.15, 0.2) is 8.32 Å². The molecule has 0 aliphatic rings. The quantitative estimate of drug-likeness (QED) is 0.361. The second-order valence-electron chi connectivity index (χ2n) is 9.31. The molecule has 0 bridgehead atoms. The van der Waals surface area contributed by atoms with E-state index in [0.29, 0.717) is 29.5 Å². The van der Waals surface area contributed by atoms with Crippen molar-refractivity contribution in [2.24, 2.45) is 5.92 Å². The Bertz CT molecular complexity index is 925. The van der Waals surface area contributed by atoms with Crippen molar-refractivity contribution in [1.82, 2.24) is 4.31 Å². The molecule has 0 radical (unpaired) electrons. The molecular formula is C24H36ClNO3SSi. The number of hydrogen-bond acceptors (Lipinski definition) is 3. The fourth-order valence-corrected chi connectivity index (χ4v) is 5.76. The second-order valence-corrected chi connectivity index (χ2v) is 16.1. The molecular weight excluding hydrogens is 446 g/mol. The third kappa shape index (κ3) is 8.03. The van der Waals surface area contributed by atoms with E-state index >= 15 is 0 Å². The number of nitrogens with zero attached hydrogens (tertiary/aromatic N) is 1. The van der Waals surface area contributed by atoms with Crippen LogP contribution in [0.15, 0.2) is 53.4 Å². The van der Waals surface area contributed by atoms with Crippen LogP contribution in [-0.4, -0.2) is 40.2 Å². The average molecular weight is 482 g/mol. The number of benzene rings is 2. The van der Waals surface area contributed by atoms with Crippen LogP contribution < -0.4 is 0 Å². The van der Waals surface area contributed by atoms with Gasteiger partial charge in [0.1, 0.15) is 0 Å². The Balaban J connectivity index is 2.47. The first kappa shape index (κ1) is 26.1. The first-order valence-corrected chi connectivity index (χ1v) is 16.1. The SMILES string of the molecule is CC[C@@H](C)CN(C(CO[Si](C)(C)C)Cc1ccc(Cl)cc1)S(=O)(=O)c1ccc(C)cc1. The molecule has 0 aliphatic carbocycles. The normalized spacial score (nSPS) is 14.6. The van der Waals surface area contributed by atoms with Gasteiger partial charge in [-0.25, -0.2) is 8.42 Å². The van der Waals surface area contributed by atoms with Crippen LogP contribution in [0.5, 0.6) is 0 Å². The molecule has 0 N–H and O–H groups in total. The van der Waals surface area contributed by atoms with Crippen LogP contribution >= 0.6 is 11.6 Å². The minimum atomic E-state index is -3.68. The lowest BCUT2D eigenvalue weighted by molar-refractivity contribution is 0.184. The van der Waals surface area contributed by atoms with Crippen molar-refractivity contribution in [2.45, 2.75) is 64.2 Å².